The van der Waals surface area contributed by atoms with Crippen LogP contribution in [0.15, 0.2) is 0 Å². The van der Waals surface area contributed by atoms with Crippen molar-refractivity contribution in [1.29, 1.82) is 0 Å². The predicted molar refractivity (Wildman–Crippen MR) is 210 cm³/mol. The summed E-state index contributed by atoms with van der Waals surface area (Å²) < 4.78 is 26.0. The van der Waals surface area contributed by atoms with Crippen LogP contribution in [0, 0.1) is 34.5 Å². The molecule has 0 bridgehead atoms. The van der Waals surface area contributed by atoms with Crippen molar-refractivity contribution >= 4 is 39.4 Å². The summed E-state index contributed by atoms with van der Waals surface area (Å²) in [4.78, 5) is 71.7. The number of nitrogens with one attached hydrogen (secondary N) is 4. The quantitative estimate of drug-likeness (QED) is 0.154. The number of sulfone groups is 1. The van der Waals surface area contributed by atoms with Gasteiger partial charge in [0.15, 0.2) is 9.84 Å². The molecule has 4 atom stereocenters. The molecule has 4 fully saturated rings. The van der Waals surface area contributed by atoms with E-state index >= 15 is 4.79 Å². The molecule has 1 aliphatic heterocycles. The van der Waals surface area contributed by atoms with Gasteiger partial charge < -0.3 is 26.2 Å². The van der Waals surface area contributed by atoms with E-state index in [0.29, 0.717) is 38.5 Å². The molecule has 0 aromatic heterocycles. The van der Waals surface area contributed by atoms with Crippen molar-refractivity contribution in [1.82, 2.24) is 26.2 Å². The molecule has 1 saturated heterocycles. The third-order valence-electron chi connectivity index (χ3n) is 13.3. The maximum Gasteiger partial charge on any atom is 0.315 e. The van der Waals surface area contributed by atoms with E-state index < -0.39 is 78.1 Å². The Bertz CT molecular complexity index is 1570. The minimum atomic E-state index is -3.59. The summed E-state index contributed by atoms with van der Waals surface area (Å²) in [6.45, 7) is 15.3. The van der Waals surface area contributed by atoms with Crippen LogP contribution in [0.5, 0.6) is 0 Å². The van der Waals surface area contributed by atoms with Gasteiger partial charge in [0.2, 0.25) is 17.6 Å². The highest BCUT2D eigenvalue weighted by Gasteiger charge is 2.58. The molecular weight excluding hydrogens is 707 g/mol. The zero-order valence-corrected chi connectivity index (χ0v) is 34.9. The van der Waals surface area contributed by atoms with Gasteiger partial charge >= 0.3 is 6.03 Å². The maximum atomic E-state index is 15.1. The molecule has 2 unspecified atom stereocenters. The Morgan fingerprint density at radius 2 is 1.43 bits per heavy atom. The van der Waals surface area contributed by atoms with E-state index in [1.807, 2.05) is 34.6 Å². The molecule has 5 amide bonds. The highest BCUT2D eigenvalue weighted by atomic mass is 32.2. The summed E-state index contributed by atoms with van der Waals surface area (Å²) in [6.07, 6.45) is 15.6. The molecule has 0 aromatic carbocycles. The Morgan fingerprint density at radius 3 is 1.94 bits per heavy atom. The van der Waals surface area contributed by atoms with Crippen LogP contribution in [0.1, 0.15) is 145 Å². The average molecular weight is 774 g/mol. The van der Waals surface area contributed by atoms with Crippen LogP contribution in [0.4, 0.5) is 4.79 Å². The fraction of sp³-hybridized carbons (Fsp3) is 0.829. The molecule has 12 nitrogen and oxygen atoms in total. The molecule has 3 saturated carbocycles. The Labute approximate surface area is 324 Å². The lowest BCUT2D eigenvalue weighted by atomic mass is 9.63. The number of amides is 5. The minimum absolute atomic E-state index is 0.115. The second-order valence-corrected chi connectivity index (χ2v) is 22.0. The van der Waals surface area contributed by atoms with Crippen LogP contribution < -0.4 is 21.3 Å². The maximum absolute atomic E-state index is 15.1. The fourth-order valence-corrected chi connectivity index (χ4v) is 10.4. The van der Waals surface area contributed by atoms with Crippen LogP contribution in [-0.4, -0.2) is 90.1 Å². The van der Waals surface area contributed by atoms with Gasteiger partial charge in [0.25, 0.3) is 5.91 Å². The van der Waals surface area contributed by atoms with Crippen LogP contribution in [0.2, 0.25) is 0 Å². The number of nitrogens with zero attached hydrogens (tertiary/aromatic N) is 1. The number of Topliss-reactive ketones (excluding diaryl/α,β-unsaturated/α-hetero) is 1. The average Bonchev–Trinajstić information content (AvgIpc) is 3.82. The molecule has 54 heavy (non-hydrogen) atoms. The lowest BCUT2D eigenvalue weighted by Crippen LogP contribution is -2.65. The minimum Gasteiger partial charge on any atom is -0.344 e. The molecule has 0 aromatic rings. The van der Waals surface area contributed by atoms with E-state index in [0.717, 1.165) is 51.4 Å². The van der Waals surface area contributed by atoms with Crippen molar-refractivity contribution in [3.63, 3.8) is 0 Å². The molecule has 0 radical (unpaired) electrons. The second-order valence-electron chi connectivity index (χ2n) is 19.3. The van der Waals surface area contributed by atoms with Crippen molar-refractivity contribution in [3.8, 4) is 12.3 Å². The van der Waals surface area contributed by atoms with E-state index in [9.17, 15) is 27.6 Å². The normalized spacial score (nSPS) is 25.4. The third-order valence-corrected chi connectivity index (χ3v) is 16.1. The lowest BCUT2D eigenvalue weighted by molar-refractivity contribution is -0.148. The van der Waals surface area contributed by atoms with Gasteiger partial charge in [-0.2, -0.15) is 0 Å². The molecule has 1 heterocycles. The Balaban J connectivity index is 1.68. The third kappa shape index (κ3) is 9.80. The molecule has 4 rings (SSSR count). The van der Waals surface area contributed by atoms with Gasteiger partial charge in [0, 0.05) is 12.0 Å². The van der Waals surface area contributed by atoms with E-state index in [-0.39, 0.29) is 30.7 Å². The zero-order valence-electron chi connectivity index (χ0n) is 34.1. The van der Waals surface area contributed by atoms with E-state index in [1.165, 1.54) is 0 Å². The van der Waals surface area contributed by atoms with Crippen molar-refractivity contribution in [2.24, 2.45) is 22.2 Å². The molecule has 4 N–H and O–H groups in total. The highest BCUT2D eigenvalue weighted by molar-refractivity contribution is 7.92. The first-order valence-electron chi connectivity index (χ1n) is 20.2. The fourth-order valence-electron chi connectivity index (χ4n) is 8.83. The monoisotopic (exact) mass is 773 g/mol. The van der Waals surface area contributed by atoms with Crippen LogP contribution in [0.25, 0.3) is 0 Å². The Morgan fingerprint density at radius 1 is 0.852 bits per heavy atom. The van der Waals surface area contributed by atoms with Gasteiger partial charge in [0.05, 0.1) is 28.6 Å². The number of carbonyl (C=O) groups is 5. The summed E-state index contributed by atoms with van der Waals surface area (Å²) in [5, 5.41) is 11.5. The number of likely N-dealkylation sites (tertiary alicyclic amines) is 1. The molecule has 304 valence electrons. The van der Waals surface area contributed by atoms with E-state index in [4.69, 9.17) is 6.42 Å². The van der Waals surface area contributed by atoms with Gasteiger partial charge in [-0.05, 0) is 76.0 Å². The summed E-state index contributed by atoms with van der Waals surface area (Å²) in [6, 6.07) is -3.64. The van der Waals surface area contributed by atoms with Crippen molar-refractivity contribution in [3.05, 3.63) is 0 Å². The van der Waals surface area contributed by atoms with Crippen LogP contribution in [0.3, 0.4) is 0 Å². The number of hydrogen-bond donors (Lipinski definition) is 4. The predicted octanol–water partition coefficient (Wildman–Crippen LogP) is 4.80. The van der Waals surface area contributed by atoms with Crippen molar-refractivity contribution in [2.75, 3.05) is 18.8 Å². The molecular formula is C41H67N5O7S. The molecule has 3 aliphatic carbocycles. The summed E-state index contributed by atoms with van der Waals surface area (Å²) in [7, 11) is -3.59. The Kier molecular flexibility index (Phi) is 13.3. The van der Waals surface area contributed by atoms with Gasteiger partial charge in [-0.3, -0.25) is 19.2 Å². The first-order valence-corrected chi connectivity index (χ1v) is 21.8. The second kappa shape index (κ2) is 16.5. The number of carbonyl (C=O) groups excluding carboxylic acids is 5. The summed E-state index contributed by atoms with van der Waals surface area (Å²) in [5.74, 6) is -0.195. The van der Waals surface area contributed by atoms with Gasteiger partial charge in [-0.1, -0.05) is 91.9 Å². The number of hydrogen-bond acceptors (Lipinski definition) is 7. The lowest BCUT2D eigenvalue weighted by Gasteiger charge is -2.46. The number of ketones is 1. The highest BCUT2D eigenvalue weighted by Crippen LogP contribution is 2.51. The first-order chi connectivity index (χ1) is 25.0. The van der Waals surface area contributed by atoms with Crippen molar-refractivity contribution < 1.29 is 32.4 Å². The van der Waals surface area contributed by atoms with Gasteiger partial charge in [0.1, 0.15) is 12.1 Å². The van der Waals surface area contributed by atoms with Crippen LogP contribution in [-0.2, 0) is 29.0 Å². The van der Waals surface area contributed by atoms with E-state index in [2.05, 4.69) is 27.2 Å². The topological polar surface area (TPSA) is 171 Å². The summed E-state index contributed by atoms with van der Waals surface area (Å²) >= 11 is 0. The number of terminal acetylenes is 1. The molecule has 0 spiro atoms. The van der Waals surface area contributed by atoms with E-state index in [1.54, 1.807) is 25.7 Å². The zero-order chi connectivity index (χ0) is 40.3. The van der Waals surface area contributed by atoms with Gasteiger partial charge in [-0.25, -0.2) is 13.2 Å². The van der Waals surface area contributed by atoms with Crippen molar-refractivity contribution in [2.45, 2.75) is 174 Å². The summed E-state index contributed by atoms with van der Waals surface area (Å²) in [5.41, 5.74) is -2.76. The smallest absolute Gasteiger partial charge is 0.315 e. The number of urea groups is 1. The molecule has 13 heteroatoms. The Hall–Kier alpha value is -3.14. The van der Waals surface area contributed by atoms with Gasteiger partial charge in [-0.15, -0.1) is 6.42 Å². The SMILES string of the molecule is C#CCNC(=O)C(=O)C(CC1CC1)NC(=O)[C@H]1N(C(=O)C(NC(=O)NC2(CS(=O)(=O)C(C)(C)C)CCCCC2)C2(C)CCCCC2)CC[C@@]1(C)C(C)(C)C. The number of rotatable bonds is 13. The largest absolute Gasteiger partial charge is 0.344 e. The van der Waals surface area contributed by atoms with Crippen LogP contribution >= 0.6 is 0 Å². The first kappa shape index (κ1) is 43.6. The standard InChI is InChI=1S/C41H67N5O7S/c1-10-24-42-33(48)30(47)29(26-28-17-18-28)43-34(49)32-40(9,37(2,3)4)23-25-46(32)35(50)31(39(8)19-13-11-14-20-39)44-36(51)45-41(21-15-12-16-22-41)27-54(52,53)38(5,6)7/h1,28-29,31-32H,11-27H2,2-9H3,(H,42,48)(H,43,49)(H2,44,45,51)/t29?,31?,32-,40-/m1/s1. The molecule has 4 aliphatic rings.